The molecule has 8 heteroatoms. The van der Waals surface area contributed by atoms with Crippen molar-refractivity contribution in [2.24, 2.45) is 23.2 Å². The van der Waals surface area contributed by atoms with Crippen molar-refractivity contribution >= 4 is 28.3 Å². The molecule has 3 aliphatic rings. The maximum atomic E-state index is 12.6. The Kier molecular flexibility index (Phi) is 7.82. The zero-order chi connectivity index (χ0) is 26.0. The lowest BCUT2D eigenvalue weighted by Gasteiger charge is -2.51. The number of carbonyl (C=O) groups is 2. The topological polar surface area (TPSA) is 112 Å². The summed E-state index contributed by atoms with van der Waals surface area (Å²) in [6.07, 6.45) is 7.64. The zero-order valence-electron chi connectivity index (χ0n) is 21.2. The van der Waals surface area contributed by atoms with E-state index >= 15 is 0 Å². The first-order chi connectivity index (χ1) is 17.2. The van der Waals surface area contributed by atoms with E-state index in [2.05, 4.69) is 29.9 Å². The Morgan fingerprint density at radius 1 is 1.33 bits per heavy atom. The second-order valence-electron chi connectivity index (χ2n) is 10.7. The molecule has 1 heterocycles. The molecule has 0 bridgehead atoms. The van der Waals surface area contributed by atoms with Crippen molar-refractivity contribution in [1.82, 2.24) is 4.98 Å². The first-order valence-corrected chi connectivity index (χ1v) is 13.5. The normalized spacial score (nSPS) is 30.1. The van der Waals surface area contributed by atoms with Crippen molar-refractivity contribution in [1.29, 1.82) is 5.26 Å². The smallest absolute Gasteiger partial charge is 0.308 e. The zero-order valence-corrected chi connectivity index (χ0v) is 22.0. The molecule has 0 spiro atoms. The molecule has 7 nitrogen and oxygen atoms in total. The quantitative estimate of drug-likeness (QED) is 0.413. The van der Waals surface area contributed by atoms with E-state index in [1.165, 1.54) is 29.4 Å². The van der Waals surface area contributed by atoms with E-state index in [1.54, 1.807) is 6.20 Å². The molecule has 1 amide bonds. The van der Waals surface area contributed by atoms with Gasteiger partial charge in [0.25, 0.3) is 0 Å². The Hall–Kier alpha value is -2.76. The van der Waals surface area contributed by atoms with Gasteiger partial charge in [0, 0.05) is 31.0 Å². The summed E-state index contributed by atoms with van der Waals surface area (Å²) in [5.74, 6) is 2.08. The van der Waals surface area contributed by atoms with Crippen molar-refractivity contribution in [3.05, 3.63) is 40.4 Å². The number of rotatable bonds is 5. The van der Waals surface area contributed by atoms with Crippen LogP contribution in [0.3, 0.4) is 0 Å². The van der Waals surface area contributed by atoms with E-state index < -0.39 is 0 Å². The predicted octanol–water partition coefficient (Wildman–Crippen LogP) is 5.38. The summed E-state index contributed by atoms with van der Waals surface area (Å²) in [7, 11) is 0. The van der Waals surface area contributed by atoms with Crippen LogP contribution >= 0.6 is 11.3 Å². The van der Waals surface area contributed by atoms with Crippen LogP contribution in [-0.2, 0) is 16.0 Å². The third-order valence-corrected chi connectivity index (χ3v) is 9.49. The average Bonchev–Trinajstić information content (AvgIpc) is 3.37. The van der Waals surface area contributed by atoms with Gasteiger partial charge in [0.05, 0.1) is 6.10 Å². The molecule has 6 atom stereocenters. The Labute approximate surface area is 216 Å². The molecule has 6 unspecified atom stereocenters. The molecule has 36 heavy (non-hydrogen) atoms. The standard InChI is InChI=1S/C27H34N2O4S.CHN/c1-15-14-28-26(34-15)29-24(32)9-5-18-13-23(31)27(3)11-10-21-20-8-6-19(33-16(2)30)12-17(20)4-7-22(21)25(18)27;1-2/h6,8,12,14,18,21-23,25,31H,4-5,7,9-11,13H2,1-3H3,(H,28,29,32);1H. The van der Waals surface area contributed by atoms with Crippen molar-refractivity contribution < 1.29 is 19.4 Å². The number of nitrogens with one attached hydrogen (secondary N) is 1. The molecule has 1 aromatic heterocycles. The molecule has 192 valence electrons. The predicted molar refractivity (Wildman–Crippen MR) is 139 cm³/mol. The van der Waals surface area contributed by atoms with Crippen LogP contribution in [0, 0.1) is 41.9 Å². The van der Waals surface area contributed by atoms with Crippen molar-refractivity contribution in [3.63, 3.8) is 0 Å². The molecule has 2 aromatic rings. The largest absolute Gasteiger partial charge is 0.427 e. The molecule has 2 N–H and O–H groups in total. The van der Waals surface area contributed by atoms with Gasteiger partial charge in [-0.25, -0.2) is 10.2 Å². The van der Waals surface area contributed by atoms with Crippen LogP contribution in [0.2, 0.25) is 0 Å². The molecule has 0 saturated heterocycles. The number of aliphatic hydroxyl groups excluding tert-OH is 1. The van der Waals surface area contributed by atoms with Gasteiger partial charge in [0.2, 0.25) is 5.91 Å². The van der Waals surface area contributed by atoms with E-state index in [0.29, 0.717) is 41.0 Å². The summed E-state index contributed by atoms with van der Waals surface area (Å²) >= 11 is 1.49. The molecule has 3 aliphatic carbocycles. The van der Waals surface area contributed by atoms with Gasteiger partial charge < -0.3 is 15.2 Å². The first-order valence-electron chi connectivity index (χ1n) is 12.7. The minimum absolute atomic E-state index is 0.0109. The van der Waals surface area contributed by atoms with E-state index in [9.17, 15) is 14.7 Å². The fraction of sp³-hybridized carbons (Fsp3) is 0.571. The second kappa shape index (κ2) is 10.7. The molecular weight excluding hydrogens is 474 g/mol. The number of nitriles is 1. The number of benzene rings is 1. The SMILES string of the molecule is C#N.CC(=O)Oc1ccc2c(c1)CCC1C2CCC2(C)C(O)CC(CCC(=O)Nc3ncc(C)s3)C12. The Morgan fingerprint density at radius 3 is 2.81 bits per heavy atom. The maximum Gasteiger partial charge on any atom is 0.308 e. The maximum absolute atomic E-state index is 12.6. The number of aliphatic hydroxyl groups is 1. The van der Waals surface area contributed by atoms with Crippen LogP contribution < -0.4 is 10.1 Å². The highest BCUT2D eigenvalue weighted by molar-refractivity contribution is 7.15. The monoisotopic (exact) mass is 509 g/mol. The molecule has 2 saturated carbocycles. The molecule has 0 aliphatic heterocycles. The highest BCUT2D eigenvalue weighted by Crippen LogP contribution is 2.63. The second-order valence-corrected chi connectivity index (χ2v) is 11.9. The van der Waals surface area contributed by atoms with Gasteiger partial charge in [-0.15, -0.1) is 11.3 Å². The van der Waals surface area contributed by atoms with Gasteiger partial charge >= 0.3 is 5.97 Å². The van der Waals surface area contributed by atoms with Gasteiger partial charge in [0.15, 0.2) is 5.13 Å². The Bertz CT molecular complexity index is 1140. The van der Waals surface area contributed by atoms with E-state index in [1.807, 2.05) is 19.1 Å². The van der Waals surface area contributed by atoms with E-state index in [0.717, 1.165) is 43.4 Å². The summed E-state index contributed by atoms with van der Waals surface area (Å²) in [4.78, 5) is 29.3. The number of thiazole rings is 1. The fourth-order valence-electron chi connectivity index (χ4n) is 7.25. The first kappa shape index (κ1) is 26.3. The van der Waals surface area contributed by atoms with Gasteiger partial charge in [-0.3, -0.25) is 9.59 Å². The third kappa shape index (κ3) is 5.05. The van der Waals surface area contributed by atoms with E-state index in [-0.39, 0.29) is 23.4 Å². The molecular formula is C28H35N3O4S. The average molecular weight is 510 g/mol. The van der Waals surface area contributed by atoms with Gasteiger partial charge in [0.1, 0.15) is 5.75 Å². The van der Waals surface area contributed by atoms with Gasteiger partial charge in [-0.2, -0.15) is 0 Å². The number of aryl methyl sites for hydroxylation is 2. The van der Waals surface area contributed by atoms with Crippen LogP contribution in [0.15, 0.2) is 24.4 Å². The molecule has 0 radical (unpaired) electrons. The number of carbonyl (C=O) groups excluding carboxylic acids is 2. The Morgan fingerprint density at radius 2 is 2.11 bits per heavy atom. The van der Waals surface area contributed by atoms with Crippen LogP contribution in [-0.4, -0.2) is 28.1 Å². The van der Waals surface area contributed by atoms with Crippen LogP contribution in [0.1, 0.15) is 74.3 Å². The number of esters is 1. The highest BCUT2D eigenvalue weighted by Gasteiger charge is 2.58. The summed E-state index contributed by atoms with van der Waals surface area (Å²) in [6, 6.07) is 6.10. The number of amides is 1. The number of aromatic nitrogens is 1. The van der Waals surface area contributed by atoms with Gasteiger partial charge in [-0.05, 0) is 97.8 Å². The highest BCUT2D eigenvalue weighted by atomic mass is 32.1. The number of hydrogen-bond donors (Lipinski definition) is 2. The lowest BCUT2D eigenvalue weighted by molar-refractivity contribution is -0.131. The van der Waals surface area contributed by atoms with Crippen molar-refractivity contribution in [3.8, 4) is 12.3 Å². The summed E-state index contributed by atoms with van der Waals surface area (Å²) < 4.78 is 5.32. The molecule has 2 fully saturated rings. The third-order valence-electron chi connectivity index (χ3n) is 8.66. The minimum atomic E-state index is -0.305. The van der Waals surface area contributed by atoms with E-state index in [4.69, 9.17) is 10.00 Å². The van der Waals surface area contributed by atoms with Gasteiger partial charge in [-0.1, -0.05) is 13.0 Å². The lowest BCUT2D eigenvalue weighted by Crippen LogP contribution is -2.45. The fourth-order valence-corrected chi connectivity index (χ4v) is 7.93. The summed E-state index contributed by atoms with van der Waals surface area (Å²) in [5, 5.41) is 21.2. The molecule has 1 aromatic carbocycles. The number of anilines is 1. The van der Waals surface area contributed by atoms with Crippen LogP contribution in [0.5, 0.6) is 5.75 Å². The molecule has 5 rings (SSSR count). The summed E-state index contributed by atoms with van der Waals surface area (Å²) in [5.41, 5.74) is 2.59. The number of hydrogen-bond acceptors (Lipinski definition) is 7. The van der Waals surface area contributed by atoms with Crippen LogP contribution in [0.4, 0.5) is 5.13 Å². The summed E-state index contributed by atoms with van der Waals surface area (Å²) in [6.45, 7) is 9.19. The van der Waals surface area contributed by atoms with Crippen molar-refractivity contribution in [2.75, 3.05) is 5.32 Å². The van der Waals surface area contributed by atoms with Crippen molar-refractivity contribution in [2.45, 2.75) is 77.7 Å². The minimum Gasteiger partial charge on any atom is -0.427 e. The Balaban J connectivity index is 0.00000148. The number of ether oxygens (including phenoxy) is 1. The number of fused-ring (bicyclic) bond motifs is 5. The van der Waals surface area contributed by atoms with Crippen LogP contribution in [0.25, 0.3) is 0 Å². The number of nitrogens with zero attached hydrogens (tertiary/aromatic N) is 2. The lowest BCUT2D eigenvalue weighted by atomic mass is 9.53.